The van der Waals surface area contributed by atoms with E-state index in [0.29, 0.717) is 5.56 Å². The summed E-state index contributed by atoms with van der Waals surface area (Å²) in [6.45, 7) is 0. The van der Waals surface area contributed by atoms with Crippen molar-refractivity contribution in [1.82, 2.24) is 0 Å². The monoisotopic (exact) mass is 249 g/mol. The summed E-state index contributed by atoms with van der Waals surface area (Å²) in [6, 6.07) is 4.55. The third-order valence-electron chi connectivity index (χ3n) is 2.59. The molecule has 1 aromatic rings. The predicted molar refractivity (Wildman–Crippen MR) is 65.3 cm³/mol. The van der Waals surface area contributed by atoms with E-state index >= 15 is 0 Å². The predicted octanol–water partition coefficient (Wildman–Crippen LogP) is 1.71. The van der Waals surface area contributed by atoms with Crippen molar-refractivity contribution in [2.24, 2.45) is 0 Å². The van der Waals surface area contributed by atoms with Crippen LogP contribution in [0.3, 0.4) is 0 Å². The number of nitrogens with one attached hydrogen (secondary N) is 1. The lowest BCUT2D eigenvalue weighted by Crippen LogP contribution is -2.13. The Morgan fingerprint density at radius 3 is 2.65 bits per heavy atom. The molecular weight excluding hydrogens is 238 g/mol. The van der Waals surface area contributed by atoms with E-state index in [2.05, 4.69) is 0 Å². The van der Waals surface area contributed by atoms with Crippen molar-refractivity contribution >= 4 is 27.4 Å². The zero-order valence-electron chi connectivity index (χ0n) is 9.23. The number of sulfone groups is 1. The molecule has 0 radical (unpaired) electrons. The molecule has 1 aliphatic rings. The lowest BCUT2D eigenvalue weighted by molar-refractivity contribution is 0.106. The Kier molecular flexibility index (Phi) is 2.71. The normalized spacial score (nSPS) is 15.6. The fourth-order valence-electron chi connectivity index (χ4n) is 1.79. The number of Topliss-reactive ketones (excluding diaryl/α,β-unsaturated/α-hetero) is 1. The van der Waals surface area contributed by atoms with E-state index in [0.717, 1.165) is 6.26 Å². The van der Waals surface area contributed by atoms with Gasteiger partial charge in [-0.3, -0.25) is 4.79 Å². The van der Waals surface area contributed by atoms with Gasteiger partial charge in [-0.25, -0.2) is 8.42 Å². The maximum absolute atomic E-state index is 11.9. The van der Waals surface area contributed by atoms with Crippen LogP contribution in [0.1, 0.15) is 22.3 Å². The van der Waals surface area contributed by atoms with Crippen molar-refractivity contribution in [3.63, 3.8) is 0 Å². The first-order valence-corrected chi connectivity index (χ1v) is 6.92. The highest BCUT2D eigenvalue weighted by Gasteiger charge is 2.22. The summed E-state index contributed by atoms with van der Waals surface area (Å²) in [7, 11) is -3.38. The summed E-state index contributed by atoms with van der Waals surface area (Å²) in [6.07, 6.45) is 4.58. The largest absolute Gasteiger partial charge is 0.301 e. The fourth-order valence-corrected chi connectivity index (χ4v) is 2.69. The molecule has 0 bridgehead atoms. The zero-order chi connectivity index (χ0) is 12.6. The van der Waals surface area contributed by atoms with Crippen LogP contribution in [0.4, 0.5) is 0 Å². The van der Waals surface area contributed by atoms with Gasteiger partial charge in [0.05, 0.1) is 10.6 Å². The van der Waals surface area contributed by atoms with Crippen molar-refractivity contribution < 1.29 is 13.2 Å². The van der Waals surface area contributed by atoms with Crippen LogP contribution in [-0.4, -0.2) is 26.2 Å². The van der Waals surface area contributed by atoms with Gasteiger partial charge >= 0.3 is 0 Å². The Bertz CT molecular complexity index is 642. The highest BCUT2D eigenvalue weighted by atomic mass is 32.2. The summed E-state index contributed by atoms with van der Waals surface area (Å²) < 4.78 is 23.2. The highest BCUT2D eigenvalue weighted by Crippen LogP contribution is 2.24. The summed E-state index contributed by atoms with van der Waals surface area (Å²) in [5, 5.41) is 7.54. The van der Waals surface area contributed by atoms with Gasteiger partial charge in [-0.05, 0) is 6.07 Å². The van der Waals surface area contributed by atoms with Gasteiger partial charge in [0, 0.05) is 23.8 Å². The molecular formula is C12H11NO3S. The van der Waals surface area contributed by atoms with Crippen LogP contribution in [0.5, 0.6) is 0 Å². The number of allylic oxidation sites excluding steroid dienone is 1. The van der Waals surface area contributed by atoms with Crippen molar-refractivity contribution in [3.8, 4) is 0 Å². The molecule has 0 saturated carbocycles. The number of carbonyl (C=O) groups is 1. The zero-order valence-corrected chi connectivity index (χ0v) is 10.0. The first-order valence-electron chi connectivity index (χ1n) is 5.03. The minimum atomic E-state index is -3.38. The van der Waals surface area contributed by atoms with Crippen LogP contribution in [0.2, 0.25) is 0 Å². The smallest absolute Gasteiger partial charge is 0.207 e. The van der Waals surface area contributed by atoms with E-state index in [4.69, 9.17) is 5.41 Å². The summed E-state index contributed by atoms with van der Waals surface area (Å²) in [4.78, 5) is 12.0. The van der Waals surface area contributed by atoms with Gasteiger partial charge in [0.2, 0.25) is 5.78 Å². The van der Waals surface area contributed by atoms with Gasteiger partial charge < -0.3 is 5.41 Å². The molecule has 0 amide bonds. The molecule has 2 rings (SSSR count). The molecule has 1 aromatic carbocycles. The molecule has 0 aliphatic heterocycles. The molecule has 0 saturated heterocycles. The quantitative estimate of drug-likeness (QED) is 0.823. The fraction of sp³-hybridized carbons (Fsp3) is 0.167. The molecule has 4 nitrogen and oxygen atoms in total. The Labute approximate surface area is 99.4 Å². The summed E-state index contributed by atoms with van der Waals surface area (Å²) in [5.74, 6) is -0.407. The Balaban J connectivity index is 2.79. The van der Waals surface area contributed by atoms with Crippen molar-refractivity contribution in [2.45, 2.75) is 11.3 Å². The average Bonchev–Trinajstić information content (AvgIpc) is 2.39. The number of benzene rings is 1. The number of rotatable bonds is 1. The van der Waals surface area contributed by atoms with E-state index in [1.54, 1.807) is 18.2 Å². The van der Waals surface area contributed by atoms with E-state index in [-0.39, 0.29) is 22.6 Å². The topological polar surface area (TPSA) is 75.1 Å². The Hall–Kier alpha value is -1.75. The molecule has 17 heavy (non-hydrogen) atoms. The second-order valence-corrected chi connectivity index (χ2v) is 5.89. The molecule has 0 atom stereocenters. The summed E-state index contributed by atoms with van der Waals surface area (Å²) >= 11 is 0. The second-order valence-electron chi connectivity index (χ2n) is 3.90. The van der Waals surface area contributed by atoms with E-state index in [9.17, 15) is 13.2 Å². The molecule has 0 fully saturated rings. The van der Waals surface area contributed by atoms with E-state index in [1.165, 1.54) is 12.1 Å². The molecule has 0 spiro atoms. The van der Waals surface area contributed by atoms with Crippen LogP contribution in [0.25, 0.3) is 6.08 Å². The third kappa shape index (κ3) is 2.06. The molecule has 0 aromatic heterocycles. The number of fused-ring (bicyclic) bond motifs is 1. The van der Waals surface area contributed by atoms with Crippen LogP contribution in [0.15, 0.2) is 29.2 Å². The van der Waals surface area contributed by atoms with E-state index < -0.39 is 15.6 Å². The lowest BCUT2D eigenvalue weighted by atomic mass is 10.0. The maximum atomic E-state index is 11.9. The Morgan fingerprint density at radius 2 is 2.00 bits per heavy atom. The van der Waals surface area contributed by atoms with Gasteiger partial charge in [0.1, 0.15) is 0 Å². The van der Waals surface area contributed by atoms with Crippen LogP contribution in [-0.2, 0) is 9.84 Å². The first-order chi connectivity index (χ1) is 7.91. The minimum absolute atomic E-state index is 0.0225. The number of ketones is 1. The minimum Gasteiger partial charge on any atom is -0.301 e. The molecule has 0 unspecified atom stereocenters. The van der Waals surface area contributed by atoms with Crippen molar-refractivity contribution in [3.05, 3.63) is 35.4 Å². The molecule has 5 heteroatoms. The second kappa shape index (κ2) is 3.92. The molecule has 1 aliphatic carbocycles. The maximum Gasteiger partial charge on any atom is 0.207 e. The van der Waals surface area contributed by atoms with Crippen LogP contribution >= 0.6 is 0 Å². The van der Waals surface area contributed by atoms with Gasteiger partial charge in [-0.1, -0.05) is 24.3 Å². The molecule has 0 heterocycles. The van der Waals surface area contributed by atoms with Gasteiger partial charge in [0.25, 0.3) is 0 Å². The van der Waals surface area contributed by atoms with Gasteiger partial charge in [-0.2, -0.15) is 0 Å². The number of carbonyl (C=O) groups excluding carboxylic acids is 1. The van der Waals surface area contributed by atoms with Crippen LogP contribution in [0, 0.1) is 5.41 Å². The SMILES string of the molecule is CS(=O)(=O)c1cccc2c1C=CCC(=N)C2=O. The summed E-state index contributed by atoms with van der Waals surface area (Å²) in [5.41, 5.74) is 0.652. The van der Waals surface area contributed by atoms with Crippen molar-refractivity contribution in [2.75, 3.05) is 6.26 Å². The van der Waals surface area contributed by atoms with Crippen molar-refractivity contribution in [1.29, 1.82) is 5.41 Å². The molecule has 1 N–H and O–H groups in total. The standard InChI is InChI=1S/C12H11NO3S/c1-17(15,16)11-7-3-5-9-8(11)4-2-6-10(13)12(9)14/h2-5,7,13H,6H2,1H3. The van der Waals surface area contributed by atoms with E-state index in [1.807, 2.05) is 0 Å². The van der Waals surface area contributed by atoms with Gasteiger partial charge in [-0.15, -0.1) is 0 Å². The first kappa shape index (κ1) is 11.7. The van der Waals surface area contributed by atoms with Gasteiger partial charge in [0.15, 0.2) is 9.84 Å². The Morgan fingerprint density at radius 1 is 1.29 bits per heavy atom. The average molecular weight is 249 g/mol. The third-order valence-corrected chi connectivity index (χ3v) is 3.75. The number of hydrogen-bond acceptors (Lipinski definition) is 4. The number of hydrogen-bond donors (Lipinski definition) is 1. The lowest BCUT2D eigenvalue weighted by Gasteiger charge is -2.07. The van der Waals surface area contributed by atoms with Crippen LogP contribution < -0.4 is 0 Å². The highest BCUT2D eigenvalue weighted by molar-refractivity contribution is 7.90. The molecule has 88 valence electrons.